The lowest BCUT2D eigenvalue weighted by molar-refractivity contribution is 0.179. The first kappa shape index (κ1) is 13.3. The van der Waals surface area contributed by atoms with Gasteiger partial charge >= 0.3 is 0 Å². The zero-order valence-electron chi connectivity index (χ0n) is 11.4. The van der Waals surface area contributed by atoms with E-state index in [2.05, 4.69) is 27.0 Å². The third-order valence-corrected chi connectivity index (χ3v) is 3.74. The predicted molar refractivity (Wildman–Crippen MR) is 72.5 cm³/mol. The number of nitrogens with zero attached hydrogens (tertiary/aromatic N) is 5. The molecule has 2 N–H and O–H groups in total. The summed E-state index contributed by atoms with van der Waals surface area (Å²) in [6, 6.07) is 0.543. The van der Waals surface area contributed by atoms with Crippen molar-refractivity contribution in [2.24, 2.45) is 12.8 Å². The Morgan fingerprint density at radius 3 is 2.56 bits per heavy atom. The summed E-state index contributed by atoms with van der Waals surface area (Å²) in [5.74, 6) is 1.11. The van der Waals surface area contributed by atoms with E-state index in [0.29, 0.717) is 6.04 Å². The van der Waals surface area contributed by atoms with Crippen LogP contribution in [0.3, 0.4) is 0 Å². The van der Waals surface area contributed by atoms with E-state index in [9.17, 15) is 0 Å². The maximum atomic E-state index is 5.86. The molecule has 1 aromatic heterocycles. The van der Waals surface area contributed by atoms with E-state index in [0.717, 1.165) is 38.5 Å². The van der Waals surface area contributed by atoms with Gasteiger partial charge in [-0.3, -0.25) is 4.90 Å². The van der Waals surface area contributed by atoms with Crippen molar-refractivity contribution in [2.45, 2.75) is 25.8 Å². The molecule has 102 valence electrons. The van der Waals surface area contributed by atoms with E-state index >= 15 is 0 Å². The summed E-state index contributed by atoms with van der Waals surface area (Å²) in [7, 11) is 1.94. The highest BCUT2D eigenvalue weighted by Gasteiger charge is 2.23. The Balaban J connectivity index is 1.90. The minimum absolute atomic E-state index is 0.543. The van der Waals surface area contributed by atoms with Gasteiger partial charge in [0.1, 0.15) is 5.82 Å². The van der Waals surface area contributed by atoms with Gasteiger partial charge in [0.25, 0.3) is 0 Å². The number of aromatic nitrogens is 3. The van der Waals surface area contributed by atoms with Crippen LogP contribution in [0.2, 0.25) is 0 Å². The highest BCUT2D eigenvalue weighted by Crippen LogP contribution is 2.16. The number of hydrogen-bond donors (Lipinski definition) is 1. The lowest BCUT2D eigenvalue weighted by atomic mass is 10.1. The van der Waals surface area contributed by atoms with Gasteiger partial charge < -0.3 is 10.6 Å². The van der Waals surface area contributed by atoms with Gasteiger partial charge in [-0.25, -0.2) is 4.68 Å². The van der Waals surface area contributed by atoms with E-state index in [1.165, 1.54) is 12.8 Å². The molecule has 0 bridgehead atoms. The van der Waals surface area contributed by atoms with Crippen LogP contribution in [0.1, 0.15) is 19.8 Å². The van der Waals surface area contributed by atoms with Crippen LogP contribution in [0.15, 0.2) is 6.20 Å². The fourth-order valence-corrected chi connectivity index (χ4v) is 2.67. The molecule has 2 heterocycles. The van der Waals surface area contributed by atoms with Gasteiger partial charge in [-0.05, 0) is 6.42 Å². The zero-order valence-corrected chi connectivity index (χ0v) is 11.4. The molecule has 1 fully saturated rings. The normalized spacial score (nSPS) is 19.2. The maximum Gasteiger partial charge on any atom is 0.147 e. The molecule has 6 nitrogen and oxygen atoms in total. The number of rotatable bonds is 5. The summed E-state index contributed by atoms with van der Waals surface area (Å²) in [5, 5.41) is 7.92. The summed E-state index contributed by atoms with van der Waals surface area (Å²) in [6.45, 7) is 7.20. The largest absolute Gasteiger partial charge is 0.353 e. The minimum atomic E-state index is 0.543. The highest BCUT2D eigenvalue weighted by atomic mass is 15.5. The van der Waals surface area contributed by atoms with Crippen molar-refractivity contribution in [3.8, 4) is 0 Å². The van der Waals surface area contributed by atoms with Gasteiger partial charge in [0.05, 0.1) is 6.20 Å². The Morgan fingerprint density at radius 2 is 2.06 bits per heavy atom. The lowest BCUT2D eigenvalue weighted by Gasteiger charge is -2.39. The van der Waals surface area contributed by atoms with Crippen LogP contribution in [-0.4, -0.2) is 58.7 Å². The van der Waals surface area contributed by atoms with E-state index in [-0.39, 0.29) is 0 Å². The summed E-state index contributed by atoms with van der Waals surface area (Å²) in [6.07, 6.45) is 4.24. The van der Waals surface area contributed by atoms with Crippen LogP contribution in [0.4, 0.5) is 5.82 Å². The number of hydrogen-bond acceptors (Lipinski definition) is 5. The van der Waals surface area contributed by atoms with Gasteiger partial charge in [-0.1, -0.05) is 18.6 Å². The van der Waals surface area contributed by atoms with E-state index in [4.69, 9.17) is 5.73 Å². The standard InChI is InChI=1S/C12H24N6/c1-3-4-11(9-13)17-5-7-18(8-6-17)12-10-14-15-16(12)2/h10-11H,3-9,13H2,1-2H3. The molecule has 0 aliphatic carbocycles. The molecule has 6 heteroatoms. The van der Waals surface area contributed by atoms with Crippen molar-refractivity contribution in [2.75, 3.05) is 37.6 Å². The second kappa shape index (κ2) is 6.15. The van der Waals surface area contributed by atoms with Gasteiger partial charge in [0.15, 0.2) is 0 Å². The van der Waals surface area contributed by atoms with E-state index in [1.807, 2.05) is 17.9 Å². The summed E-state index contributed by atoms with van der Waals surface area (Å²) < 4.78 is 1.84. The van der Waals surface area contributed by atoms with Crippen molar-refractivity contribution in [3.05, 3.63) is 6.20 Å². The second-order valence-corrected chi connectivity index (χ2v) is 4.92. The first-order chi connectivity index (χ1) is 8.76. The van der Waals surface area contributed by atoms with Gasteiger partial charge in [-0.15, -0.1) is 5.10 Å². The van der Waals surface area contributed by atoms with E-state index in [1.54, 1.807) is 0 Å². The smallest absolute Gasteiger partial charge is 0.147 e. The van der Waals surface area contributed by atoms with Crippen molar-refractivity contribution in [1.29, 1.82) is 0 Å². The molecule has 0 radical (unpaired) electrons. The van der Waals surface area contributed by atoms with Crippen molar-refractivity contribution < 1.29 is 0 Å². The second-order valence-electron chi connectivity index (χ2n) is 4.92. The van der Waals surface area contributed by atoms with Crippen LogP contribution in [0, 0.1) is 0 Å². The molecule has 18 heavy (non-hydrogen) atoms. The third kappa shape index (κ3) is 2.81. The van der Waals surface area contributed by atoms with Crippen LogP contribution in [0.25, 0.3) is 0 Å². The maximum absolute atomic E-state index is 5.86. The molecule has 1 aliphatic rings. The molecule has 1 atom stereocenters. The quantitative estimate of drug-likeness (QED) is 0.803. The molecule has 1 aromatic rings. The molecular formula is C12H24N6. The molecule has 1 aliphatic heterocycles. The zero-order chi connectivity index (χ0) is 13.0. The van der Waals surface area contributed by atoms with Crippen LogP contribution in [0.5, 0.6) is 0 Å². The van der Waals surface area contributed by atoms with Crippen molar-refractivity contribution in [1.82, 2.24) is 19.9 Å². The van der Waals surface area contributed by atoms with Crippen molar-refractivity contribution in [3.63, 3.8) is 0 Å². The molecule has 0 spiro atoms. The van der Waals surface area contributed by atoms with Crippen molar-refractivity contribution >= 4 is 5.82 Å². The van der Waals surface area contributed by atoms with Gasteiger partial charge in [0.2, 0.25) is 0 Å². The summed E-state index contributed by atoms with van der Waals surface area (Å²) >= 11 is 0. The summed E-state index contributed by atoms with van der Waals surface area (Å²) in [5.41, 5.74) is 5.86. The Morgan fingerprint density at radius 1 is 1.33 bits per heavy atom. The Labute approximate surface area is 109 Å². The Kier molecular flexibility index (Phi) is 4.54. The highest BCUT2D eigenvalue weighted by molar-refractivity contribution is 5.36. The van der Waals surface area contributed by atoms with Crippen LogP contribution >= 0.6 is 0 Å². The Hall–Kier alpha value is -1.14. The monoisotopic (exact) mass is 252 g/mol. The molecule has 0 saturated carbocycles. The first-order valence-corrected chi connectivity index (χ1v) is 6.80. The number of aryl methyl sites for hydroxylation is 1. The van der Waals surface area contributed by atoms with Crippen LogP contribution < -0.4 is 10.6 Å². The molecular weight excluding hydrogens is 228 g/mol. The molecule has 1 saturated heterocycles. The average molecular weight is 252 g/mol. The summed E-state index contributed by atoms with van der Waals surface area (Å²) in [4.78, 5) is 4.86. The molecule has 1 unspecified atom stereocenters. The average Bonchev–Trinajstić information content (AvgIpc) is 2.82. The van der Waals surface area contributed by atoms with E-state index < -0.39 is 0 Å². The van der Waals surface area contributed by atoms with Gasteiger partial charge in [0, 0.05) is 45.8 Å². The molecule has 0 aromatic carbocycles. The predicted octanol–water partition coefficient (Wildman–Crippen LogP) is 0.0645. The number of piperazine rings is 1. The SMILES string of the molecule is CCCC(CN)N1CCN(c2cnnn2C)CC1. The van der Waals surface area contributed by atoms with Crippen LogP contribution in [-0.2, 0) is 7.05 Å². The fraction of sp³-hybridized carbons (Fsp3) is 0.833. The molecule has 2 rings (SSSR count). The first-order valence-electron chi connectivity index (χ1n) is 6.80. The Bertz CT molecular complexity index is 355. The van der Waals surface area contributed by atoms with Gasteiger partial charge in [-0.2, -0.15) is 0 Å². The third-order valence-electron chi connectivity index (χ3n) is 3.74. The minimum Gasteiger partial charge on any atom is -0.353 e. The number of anilines is 1. The lowest BCUT2D eigenvalue weighted by Crippen LogP contribution is -2.52. The number of nitrogens with two attached hydrogens (primary N) is 1. The fourth-order valence-electron chi connectivity index (χ4n) is 2.67. The topological polar surface area (TPSA) is 63.2 Å². The molecule has 0 amide bonds.